The van der Waals surface area contributed by atoms with Crippen molar-refractivity contribution in [2.45, 2.75) is 70.4 Å². The maximum absolute atomic E-state index is 12.5. The Hall–Kier alpha value is -2.67. The Labute approximate surface area is 192 Å². The summed E-state index contributed by atoms with van der Waals surface area (Å²) in [6.07, 6.45) is 11.4. The second-order valence-electron chi connectivity index (χ2n) is 8.86. The summed E-state index contributed by atoms with van der Waals surface area (Å²) >= 11 is 6.10. The molecule has 5 rings (SSSR count). The molecule has 0 spiro atoms. The molecular weight excluding hydrogens is 426 g/mol. The monoisotopic (exact) mass is 453 g/mol. The van der Waals surface area contributed by atoms with E-state index in [0.717, 1.165) is 59.5 Å². The van der Waals surface area contributed by atoms with Gasteiger partial charge >= 0.3 is 6.09 Å². The van der Waals surface area contributed by atoms with Crippen molar-refractivity contribution >= 4 is 34.4 Å². The number of hydrogen-bond acceptors (Lipinski definition) is 5. The molecule has 0 N–H and O–H groups in total. The highest BCUT2D eigenvalue weighted by molar-refractivity contribution is 6.29. The zero-order valence-electron chi connectivity index (χ0n) is 18.6. The predicted molar refractivity (Wildman–Crippen MR) is 124 cm³/mol. The molecule has 2 aliphatic rings. The van der Waals surface area contributed by atoms with Gasteiger partial charge in [0.2, 0.25) is 0 Å². The van der Waals surface area contributed by atoms with E-state index in [9.17, 15) is 4.79 Å². The number of ether oxygens (including phenoxy) is 1. The van der Waals surface area contributed by atoms with E-state index in [4.69, 9.17) is 21.3 Å². The van der Waals surface area contributed by atoms with Crippen molar-refractivity contribution in [2.24, 2.45) is 0 Å². The Bertz CT molecular complexity index is 1150. The average molecular weight is 454 g/mol. The van der Waals surface area contributed by atoms with Gasteiger partial charge in [0.05, 0.1) is 35.7 Å². The molecule has 1 saturated carbocycles. The summed E-state index contributed by atoms with van der Waals surface area (Å²) in [6.45, 7) is 2.06. The molecule has 1 aromatic carbocycles. The van der Waals surface area contributed by atoms with Crippen LogP contribution >= 0.6 is 11.6 Å². The molecule has 3 aromatic rings. The number of imidazole rings is 1. The number of halogens is 1. The molecule has 168 valence electrons. The highest BCUT2D eigenvalue weighted by atomic mass is 35.5. The highest BCUT2D eigenvalue weighted by Gasteiger charge is 2.32. The number of carbonyl (C=O) groups is 1. The number of methoxy groups -OCH3 is 1. The molecule has 0 radical (unpaired) electrons. The van der Waals surface area contributed by atoms with Crippen molar-refractivity contribution < 1.29 is 9.53 Å². The number of aromatic nitrogens is 4. The number of carbonyl (C=O) groups excluding carboxylic acids is 1. The van der Waals surface area contributed by atoms with Crippen LogP contribution in [0.15, 0.2) is 24.5 Å². The maximum atomic E-state index is 12.5. The zero-order valence-corrected chi connectivity index (χ0v) is 19.3. The average Bonchev–Trinajstić information content (AvgIpc) is 3.17. The molecule has 1 amide bonds. The van der Waals surface area contributed by atoms with Crippen LogP contribution in [0.1, 0.15) is 68.6 Å². The molecule has 2 aromatic heterocycles. The smallest absolute Gasteiger partial charge is 0.414 e. The fourth-order valence-electron chi connectivity index (χ4n) is 5.32. The van der Waals surface area contributed by atoms with Crippen LogP contribution in [0.5, 0.6) is 0 Å². The number of aryl methyl sites for hydroxylation is 1. The van der Waals surface area contributed by atoms with Crippen molar-refractivity contribution in [3.63, 3.8) is 0 Å². The minimum absolute atomic E-state index is 0.0917. The SMILES string of the molecule is COC(=O)N1c2ccc3c(nc(Cc4cncc(Cl)n4)n3C3CCCCC3)c2CC[C@@H]1C. The topological polar surface area (TPSA) is 73.1 Å². The summed E-state index contributed by atoms with van der Waals surface area (Å²) in [5.41, 5.74) is 4.96. The first kappa shape index (κ1) is 21.2. The third kappa shape index (κ3) is 3.72. The van der Waals surface area contributed by atoms with Crippen LogP contribution in [0.3, 0.4) is 0 Å². The first-order valence-electron chi connectivity index (χ1n) is 11.4. The van der Waals surface area contributed by atoms with Crippen molar-refractivity contribution in [1.29, 1.82) is 0 Å². The number of rotatable bonds is 3. The van der Waals surface area contributed by atoms with Gasteiger partial charge in [-0.05, 0) is 44.7 Å². The molecule has 3 heterocycles. The predicted octanol–water partition coefficient (Wildman–Crippen LogP) is 5.48. The largest absolute Gasteiger partial charge is 0.452 e. The molecule has 0 bridgehead atoms. The van der Waals surface area contributed by atoms with E-state index in [1.54, 1.807) is 17.3 Å². The second kappa shape index (κ2) is 8.70. The standard InChI is InChI=1S/C24H28ClN5O2/c1-15-8-9-18-19(29(15)24(31)32-2)10-11-20-23(18)28-22(12-16-13-26-14-21(25)27-16)30(20)17-6-4-3-5-7-17/h10-11,13-15,17H,3-9,12H2,1-2H3/t15-/m0/s1. The van der Waals surface area contributed by atoms with Crippen LogP contribution < -0.4 is 4.90 Å². The number of benzene rings is 1. The van der Waals surface area contributed by atoms with Gasteiger partial charge in [0, 0.05) is 30.3 Å². The first-order valence-corrected chi connectivity index (χ1v) is 11.8. The van der Waals surface area contributed by atoms with Gasteiger partial charge in [-0.15, -0.1) is 0 Å². The number of anilines is 1. The van der Waals surface area contributed by atoms with Crippen LogP contribution in [0.25, 0.3) is 11.0 Å². The summed E-state index contributed by atoms with van der Waals surface area (Å²) in [4.78, 5) is 28.1. The molecule has 1 aliphatic carbocycles. The Morgan fingerprint density at radius 2 is 1.97 bits per heavy atom. The van der Waals surface area contributed by atoms with Crippen LogP contribution in [0.2, 0.25) is 5.15 Å². The number of nitrogens with zero attached hydrogens (tertiary/aromatic N) is 5. The van der Waals surface area contributed by atoms with E-state index in [1.165, 1.54) is 26.4 Å². The summed E-state index contributed by atoms with van der Waals surface area (Å²) < 4.78 is 7.49. The molecule has 1 aliphatic heterocycles. The van der Waals surface area contributed by atoms with Gasteiger partial charge in [-0.2, -0.15) is 0 Å². The van der Waals surface area contributed by atoms with E-state index >= 15 is 0 Å². The van der Waals surface area contributed by atoms with Gasteiger partial charge in [0.1, 0.15) is 11.0 Å². The fourth-order valence-corrected chi connectivity index (χ4v) is 5.49. The quantitative estimate of drug-likeness (QED) is 0.524. The van der Waals surface area contributed by atoms with Crippen molar-refractivity contribution in [3.8, 4) is 0 Å². The molecule has 1 fully saturated rings. The number of amides is 1. The molecule has 0 unspecified atom stereocenters. The van der Waals surface area contributed by atoms with E-state index in [1.807, 2.05) is 0 Å². The van der Waals surface area contributed by atoms with Gasteiger partial charge < -0.3 is 9.30 Å². The summed E-state index contributed by atoms with van der Waals surface area (Å²) in [5.74, 6) is 0.986. The molecule has 32 heavy (non-hydrogen) atoms. The maximum Gasteiger partial charge on any atom is 0.414 e. The van der Waals surface area contributed by atoms with Crippen molar-refractivity contribution in [2.75, 3.05) is 12.0 Å². The third-order valence-corrected chi connectivity index (χ3v) is 7.02. The van der Waals surface area contributed by atoms with Gasteiger partial charge in [-0.1, -0.05) is 30.9 Å². The second-order valence-corrected chi connectivity index (χ2v) is 9.25. The number of fused-ring (bicyclic) bond motifs is 3. The molecule has 1 atom stereocenters. The fraction of sp³-hybridized carbons (Fsp3) is 0.500. The van der Waals surface area contributed by atoms with Gasteiger partial charge in [-0.25, -0.2) is 14.8 Å². The Morgan fingerprint density at radius 3 is 2.72 bits per heavy atom. The Balaban J connectivity index is 1.66. The van der Waals surface area contributed by atoms with Crippen molar-refractivity contribution in [1.82, 2.24) is 19.5 Å². The van der Waals surface area contributed by atoms with Crippen LogP contribution in [0.4, 0.5) is 10.5 Å². The lowest BCUT2D eigenvalue weighted by Crippen LogP contribution is -2.42. The zero-order chi connectivity index (χ0) is 22.2. The van der Waals surface area contributed by atoms with Crippen LogP contribution in [-0.2, 0) is 17.6 Å². The summed E-state index contributed by atoms with van der Waals surface area (Å²) in [7, 11) is 1.43. The molecular formula is C24H28ClN5O2. The first-order chi connectivity index (χ1) is 15.6. The lowest BCUT2D eigenvalue weighted by molar-refractivity contribution is 0.175. The minimum atomic E-state index is -0.320. The number of hydrogen-bond donors (Lipinski definition) is 0. The van der Waals surface area contributed by atoms with Crippen LogP contribution in [0, 0.1) is 0 Å². The van der Waals surface area contributed by atoms with Gasteiger partial charge in [0.25, 0.3) is 0 Å². The lowest BCUT2D eigenvalue weighted by Gasteiger charge is -2.34. The third-order valence-electron chi connectivity index (χ3n) is 6.83. The molecule has 8 heteroatoms. The minimum Gasteiger partial charge on any atom is -0.452 e. The van der Waals surface area contributed by atoms with E-state index < -0.39 is 0 Å². The Morgan fingerprint density at radius 1 is 1.16 bits per heavy atom. The summed E-state index contributed by atoms with van der Waals surface area (Å²) in [6, 6.07) is 4.70. The van der Waals surface area contributed by atoms with Crippen molar-refractivity contribution in [3.05, 3.63) is 46.8 Å². The van der Waals surface area contributed by atoms with E-state index in [2.05, 4.69) is 33.6 Å². The molecule has 7 nitrogen and oxygen atoms in total. The molecule has 0 saturated heterocycles. The summed E-state index contributed by atoms with van der Waals surface area (Å²) in [5, 5.41) is 0.392. The normalized spacial score (nSPS) is 19.2. The lowest BCUT2D eigenvalue weighted by atomic mass is 9.94. The van der Waals surface area contributed by atoms with Gasteiger partial charge in [0.15, 0.2) is 0 Å². The highest BCUT2D eigenvalue weighted by Crippen LogP contribution is 2.39. The Kier molecular flexibility index (Phi) is 5.76. The van der Waals surface area contributed by atoms with Gasteiger partial charge in [-0.3, -0.25) is 9.88 Å². The van der Waals surface area contributed by atoms with E-state index in [0.29, 0.717) is 17.6 Å². The van der Waals surface area contributed by atoms with E-state index in [-0.39, 0.29) is 12.1 Å². The van der Waals surface area contributed by atoms with Crippen LogP contribution in [-0.4, -0.2) is 38.8 Å².